The van der Waals surface area contributed by atoms with Gasteiger partial charge in [-0.3, -0.25) is 14.5 Å². The molecule has 3 rings (SSSR count). The van der Waals surface area contributed by atoms with Crippen LogP contribution in [0.4, 0.5) is 0 Å². The molecule has 0 aliphatic carbocycles. The SMILES string of the molecule is CCc1cccc(CN2C(=O)C[C@]3(CCSC3)C2=O)c1. The topological polar surface area (TPSA) is 37.4 Å². The number of carbonyl (C=O) groups excluding carboxylic acids is 2. The monoisotopic (exact) mass is 289 g/mol. The Hall–Kier alpha value is -1.29. The molecule has 20 heavy (non-hydrogen) atoms. The first kappa shape index (κ1) is 13.7. The van der Waals surface area contributed by atoms with Gasteiger partial charge in [-0.15, -0.1) is 0 Å². The van der Waals surface area contributed by atoms with Gasteiger partial charge in [-0.05, 0) is 29.7 Å². The molecule has 1 aromatic rings. The molecule has 1 aromatic carbocycles. The van der Waals surface area contributed by atoms with Crippen molar-refractivity contribution < 1.29 is 9.59 Å². The molecule has 2 saturated heterocycles. The minimum atomic E-state index is -0.385. The van der Waals surface area contributed by atoms with Crippen LogP contribution >= 0.6 is 11.8 Å². The molecular weight excluding hydrogens is 270 g/mol. The van der Waals surface area contributed by atoms with E-state index in [1.165, 1.54) is 10.5 Å². The molecule has 0 bridgehead atoms. The van der Waals surface area contributed by atoms with Gasteiger partial charge in [-0.2, -0.15) is 11.8 Å². The van der Waals surface area contributed by atoms with Crippen molar-refractivity contribution >= 4 is 23.6 Å². The van der Waals surface area contributed by atoms with Gasteiger partial charge in [-0.1, -0.05) is 31.2 Å². The highest BCUT2D eigenvalue weighted by Crippen LogP contribution is 2.45. The molecule has 106 valence electrons. The molecule has 0 saturated carbocycles. The van der Waals surface area contributed by atoms with Crippen molar-refractivity contribution in [2.45, 2.75) is 32.7 Å². The third-order valence-corrected chi connectivity index (χ3v) is 5.58. The number of hydrogen-bond donors (Lipinski definition) is 0. The smallest absolute Gasteiger partial charge is 0.237 e. The van der Waals surface area contributed by atoms with Crippen molar-refractivity contribution in [3.05, 3.63) is 35.4 Å². The van der Waals surface area contributed by atoms with E-state index in [1.807, 2.05) is 12.1 Å². The third-order valence-electron chi connectivity index (χ3n) is 4.33. The summed E-state index contributed by atoms with van der Waals surface area (Å²) < 4.78 is 0. The lowest BCUT2D eigenvalue weighted by Crippen LogP contribution is -2.35. The number of likely N-dealkylation sites (tertiary alicyclic amines) is 1. The Labute approximate surface area is 123 Å². The quantitative estimate of drug-likeness (QED) is 0.803. The van der Waals surface area contributed by atoms with Crippen molar-refractivity contribution in [2.75, 3.05) is 11.5 Å². The molecule has 2 fully saturated rings. The zero-order chi connectivity index (χ0) is 14.2. The summed E-state index contributed by atoms with van der Waals surface area (Å²) in [4.78, 5) is 26.3. The minimum absolute atomic E-state index is 0.000554. The number of imide groups is 1. The second kappa shape index (κ2) is 5.24. The summed E-state index contributed by atoms with van der Waals surface area (Å²) in [5.41, 5.74) is 1.91. The molecule has 2 heterocycles. The van der Waals surface area contributed by atoms with Crippen LogP contribution in [-0.4, -0.2) is 28.2 Å². The predicted molar refractivity (Wildman–Crippen MR) is 80.4 cm³/mol. The number of benzene rings is 1. The summed E-state index contributed by atoms with van der Waals surface area (Å²) in [5, 5.41) is 0. The molecule has 0 aromatic heterocycles. The summed E-state index contributed by atoms with van der Waals surface area (Å²) in [5.74, 6) is 1.86. The number of rotatable bonds is 3. The maximum atomic E-state index is 12.6. The predicted octanol–water partition coefficient (Wildman–Crippen LogP) is 2.63. The largest absolute Gasteiger partial charge is 0.278 e. The Kier molecular flexibility index (Phi) is 3.59. The summed E-state index contributed by atoms with van der Waals surface area (Å²) in [6, 6.07) is 8.16. The maximum Gasteiger partial charge on any atom is 0.237 e. The van der Waals surface area contributed by atoms with Gasteiger partial charge < -0.3 is 0 Å². The fraction of sp³-hybridized carbons (Fsp3) is 0.500. The molecule has 0 unspecified atom stereocenters. The Morgan fingerprint density at radius 3 is 2.80 bits per heavy atom. The standard InChI is InChI=1S/C16H19NO2S/c1-2-12-4-3-5-13(8-12)10-17-14(18)9-16(15(17)19)6-7-20-11-16/h3-5,8H,2,6-7,9-11H2,1H3/t16-/m0/s1. The number of thioether (sulfide) groups is 1. The first-order valence-electron chi connectivity index (χ1n) is 7.15. The second-order valence-corrected chi connectivity index (χ2v) is 6.82. The zero-order valence-corrected chi connectivity index (χ0v) is 12.5. The minimum Gasteiger partial charge on any atom is -0.278 e. The van der Waals surface area contributed by atoms with Crippen LogP contribution in [0.2, 0.25) is 0 Å². The lowest BCUT2D eigenvalue weighted by molar-refractivity contribution is -0.141. The molecular formula is C16H19NO2S. The van der Waals surface area contributed by atoms with Crippen LogP contribution in [0.15, 0.2) is 24.3 Å². The second-order valence-electron chi connectivity index (χ2n) is 5.72. The summed E-state index contributed by atoms with van der Waals surface area (Å²) >= 11 is 1.79. The lowest BCUT2D eigenvalue weighted by atomic mass is 9.86. The Bertz CT molecular complexity index is 549. The molecule has 2 aliphatic heterocycles. The van der Waals surface area contributed by atoms with E-state index in [0.717, 1.165) is 29.9 Å². The highest BCUT2D eigenvalue weighted by atomic mass is 32.2. The van der Waals surface area contributed by atoms with Crippen molar-refractivity contribution in [1.29, 1.82) is 0 Å². The molecule has 0 radical (unpaired) electrons. The summed E-state index contributed by atoms with van der Waals surface area (Å²) in [6.07, 6.45) is 2.23. The van der Waals surface area contributed by atoms with E-state index in [2.05, 4.69) is 19.1 Å². The normalized spacial score (nSPS) is 25.9. The average molecular weight is 289 g/mol. The Morgan fingerprint density at radius 2 is 2.10 bits per heavy atom. The van der Waals surface area contributed by atoms with E-state index < -0.39 is 0 Å². The Balaban J connectivity index is 1.80. The van der Waals surface area contributed by atoms with Crippen LogP contribution in [-0.2, 0) is 22.6 Å². The fourth-order valence-corrected chi connectivity index (χ4v) is 4.51. The average Bonchev–Trinajstić information content (AvgIpc) is 3.01. The molecule has 1 atom stereocenters. The number of carbonyl (C=O) groups is 2. The van der Waals surface area contributed by atoms with E-state index in [4.69, 9.17) is 0 Å². The molecule has 3 nitrogen and oxygen atoms in total. The van der Waals surface area contributed by atoms with Gasteiger partial charge in [0.15, 0.2) is 0 Å². The Morgan fingerprint density at radius 1 is 1.30 bits per heavy atom. The van der Waals surface area contributed by atoms with E-state index in [1.54, 1.807) is 11.8 Å². The number of hydrogen-bond acceptors (Lipinski definition) is 3. The van der Waals surface area contributed by atoms with Crippen LogP contribution < -0.4 is 0 Å². The molecule has 2 aliphatic rings. The van der Waals surface area contributed by atoms with Gasteiger partial charge in [-0.25, -0.2) is 0 Å². The number of nitrogens with zero attached hydrogens (tertiary/aromatic N) is 1. The summed E-state index contributed by atoms with van der Waals surface area (Å²) in [7, 11) is 0. The molecule has 0 N–H and O–H groups in total. The van der Waals surface area contributed by atoms with Gasteiger partial charge in [0.25, 0.3) is 0 Å². The molecule has 4 heteroatoms. The van der Waals surface area contributed by atoms with Gasteiger partial charge in [0.05, 0.1) is 12.0 Å². The van der Waals surface area contributed by atoms with Crippen LogP contribution in [0, 0.1) is 5.41 Å². The van der Waals surface area contributed by atoms with Crippen LogP contribution in [0.1, 0.15) is 30.9 Å². The van der Waals surface area contributed by atoms with E-state index in [9.17, 15) is 9.59 Å². The first-order valence-corrected chi connectivity index (χ1v) is 8.30. The van der Waals surface area contributed by atoms with Crippen molar-refractivity contribution in [1.82, 2.24) is 4.90 Å². The van der Waals surface area contributed by atoms with Gasteiger partial charge >= 0.3 is 0 Å². The van der Waals surface area contributed by atoms with E-state index in [-0.39, 0.29) is 17.2 Å². The number of aryl methyl sites for hydroxylation is 1. The highest BCUT2D eigenvalue weighted by molar-refractivity contribution is 7.99. The first-order chi connectivity index (χ1) is 9.64. The van der Waals surface area contributed by atoms with Crippen molar-refractivity contribution in [3.63, 3.8) is 0 Å². The third kappa shape index (κ3) is 2.26. The highest BCUT2D eigenvalue weighted by Gasteiger charge is 2.52. The zero-order valence-electron chi connectivity index (χ0n) is 11.7. The van der Waals surface area contributed by atoms with E-state index in [0.29, 0.717) is 13.0 Å². The van der Waals surface area contributed by atoms with E-state index >= 15 is 0 Å². The van der Waals surface area contributed by atoms with Gasteiger partial charge in [0.2, 0.25) is 11.8 Å². The van der Waals surface area contributed by atoms with Crippen LogP contribution in [0.25, 0.3) is 0 Å². The van der Waals surface area contributed by atoms with Gasteiger partial charge in [0, 0.05) is 12.2 Å². The lowest BCUT2D eigenvalue weighted by Gasteiger charge is -2.20. The summed E-state index contributed by atoms with van der Waals surface area (Å²) in [6.45, 7) is 2.54. The fourth-order valence-electron chi connectivity index (χ4n) is 3.07. The maximum absolute atomic E-state index is 12.6. The van der Waals surface area contributed by atoms with Crippen molar-refractivity contribution in [3.8, 4) is 0 Å². The molecule has 1 spiro atoms. The number of amides is 2. The molecule has 2 amide bonds. The van der Waals surface area contributed by atoms with Crippen LogP contribution in [0.3, 0.4) is 0 Å². The van der Waals surface area contributed by atoms with Crippen molar-refractivity contribution in [2.24, 2.45) is 5.41 Å². The van der Waals surface area contributed by atoms with Crippen LogP contribution in [0.5, 0.6) is 0 Å². The van der Waals surface area contributed by atoms with Gasteiger partial charge in [0.1, 0.15) is 0 Å².